The fraction of sp³-hybridized carbons (Fsp3) is 0.500. The van der Waals surface area contributed by atoms with Gasteiger partial charge in [0.05, 0.1) is 11.4 Å². The molecule has 1 atom stereocenters. The van der Waals surface area contributed by atoms with Crippen molar-refractivity contribution in [1.29, 1.82) is 0 Å². The van der Waals surface area contributed by atoms with Crippen LogP contribution in [0, 0.1) is 0 Å². The molecular formula is C16H23N5O2S. The summed E-state index contributed by atoms with van der Waals surface area (Å²) < 4.78 is 29.4. The highest BCUT2D eigenvalue weighted by atomic mass is 32.2. The summed E-state index contributed by atoms with van der Waals surface area (Å²) in [4.78, 5) is 4.77. The summed E-state index contributed by atoms with van der Waals surface area (Å²) in [6, 6.07) is 7.84. The molecule has 3 heterocycles. The van der Waals surface area contributed by atoms with E-state index in [0.717, 1.165) is 29.9 Å². The Balaban J connectivity index is 1.86. The molecule has 0 N–H and O–H groups in total. The lowest BCUT2D eigenvalue weighted by molar-refractivity contribution is 0.296. The van der Waals surface area contributed by atoms with Crippen LogP contribution in [0.5, 0.6) is 0 Å². The van der Waals surface area contributed by atoms with Crippen molar-refractivity contribution in [2.45, 2.75) is 18.8 Å². The van der Waals surface area contributed by atoms with E-state index in [2.05, 4.69) is 5.10 Å². The monoisotopic (exact) mass is 349 g/mol. The molecule has 0 aliphatic carbocycles. The zero-order chi connectivity index (χ0) is 17.3. The summed E-state index contributed by atoms with van der Waals surface area (Å²) >= 11 is 0. The van der Waals surface area contributed by atoms with Crippen LogP contribution in [-0.4, -0.2) is 59.0 Å². The van der Waals surface area contributed by atoms with Crippen LogP contribution in [0.15, 0.2) is 30.5 Å². The van der Waals surface area contributed by atoms with Crippen molar-refractivity contribution in [3.8, 4) is 11.4 Å². The Morgan fingerprint density at radius 3 is 2.71 bits per heavy atom. The van der Waals surface area contributed by atoms with Crippen LogP contribution in [0.25, 0.3) is 11.4 Å². The smallest absolute Gasteiger partial charge is 0.266 e. The summed E-state index contributed by atoms with van der Waals surface area (Å²) in [6.45, 7) is 1.04. The van der Waals surface area contributed by atoms with Crippen LogP contribution in [0.2, 0.25) is 0 Å². The third-order valence-electron chi connectivity index (χ3n) is 4.44. The molecule has 8 heteroatoms. The van der Waals surface area contributed by atoms with Crippen LogP contribution in [0.4, 0.5) is 0 Å². The van der Waals surface area contributed by atoms with Gasteiger partial charge in [0.25, 0.3) is 10.2 Å². The van der Waals surface area contributed by atoms with Gasteiger partial charge in [-0.2, -0.15) is 22.1 Å². The highest BCUT2D eigenvalue weighted by molar-refractivity contribution is 7.86. The molecule has 0 amide bonds. The topological polar surface area (TPSA) is 71.3 Å². The standard InChI is InChI=1S/C16H23N5O2S/c1-19(2)24(22,23)21-11-5-6-13(12-21)14-7-4-8-15(18-14)16-9-10-17-20(16)3/h4,7-10,13H,5-6,11-12H2,1-3H3/t13-/m0/s1. The van der Waals surface area contributed by atoms with Crippen molar-refractivity contribution >= 4 is 10.2 Å². The Bertz CT molecular complexity index is 815. The molecular weight excluding hydrogens is 326 g/mol. The van der Waals surface area contributed by atoms with Gasteiger partial charge in [0, 0.05) is 52.0 Å². The molecule has 0 unspecified atom stereocenters. The van der Waals surface area contributed by atoms with Crippen molar-refractivity contribution in [2.75, 3.05) is 27.2 Å². The van der Waals surface area contributed by atoms with E-state index in [9.17, 15) is 8.42 Å². The molecule has 130 valence electrons. The van der Waals surface area contributed by atoms with E-state index in [4.69, 9.17) is 4.98 Å². The van der Waals surface area contributed by atoms with Crippen molar-refractivity contribution in [3.05, 3.63) is 36.2 Å². The molecule has 1 aliphatic heterocycles. The number of pyridine rings is 1. The van der Waals surface area contributed by atoms with Gasteiger partial charge < -0.3 is 0 Å². The quantitative estimate of drug-likeness (QED) is 0.838. The highest BCUT2D eigenvalue weighted by Gasteiger charge is 2.31. The van der Waals surface area contributed by atoms with Crippen LogP contribution in [-0.2, 0) is 17.3 Å². The molecule has 0 spiro atoms. The highest BCUT2D eigenvalue weighted by Crippen LogP contribution is 2.29. The van der Waals surface area contributed by atoms with Gasteiger partial charge in [0.2, 0.25) is 0 Å². The van der Waals surface area contributed by atoms with Gasteiger partial charge in [-0.3, -0.25) is 9.67 Å². The lowest BCUT2D eigenvalue weighted by atomic mass is 9.95. The maximum atomic E-state index is 12.4. The van der Waals surface area contributed by atoms with E-state index >= 15 is 0 Å². The molecule has 3 rings (SSSR count). The Kier molecular flexibility index (Phi) is 4.71. The van der Waals surface area contributed by atoms with E-state index in [0.29, 0.717) is 13.1 Å². The number of piperidine rings is 1. The fourth-order valence-corrected chi connectivity index (χ4v) is 4.26. The second-order valence-corrected chi connectivity index (χ2v) is 8.42. The molecule has 2 aromatic heterocycles. The van der Waals surface area contributed by atoms with Crippen LogP contribution >= 0.6 is 0 Å². The fourth-order valence-electron chi connectivity index (χ4n) is 3.07. The maximum Gasteiger partial charge on any atom is 0.281 e. The molecule has 0 saturated carbocycles. The molecule has 0 bridgehead atoms. The average Bonchev–Trinajstić information content (AvgIpc) is 3.01. The summed E-state index contributed by atoms with van der Waals surface area (Å²) in [5, 5.41) is 4.18. The summed E-state index contributed by atoms with van der Waals surface area (Å²) in [6.07, 6.45) is 3.53. The second-order valence-electron chi connectivity index (χ2n) is 6.28. The zero-order valence-corrected chi connectivity index (χ0v) is 15.1. The number of aryl methyl sites for hydroxylation is 1. The van der Waals surface area contributed by atoms with Gasteiger partial charge in [-0.25, -0.2) is 0 Å². The van der Waals surface area contributed by atoms with Crippen molar-refractivity contribution in [1.82, 2.24) is 23.4 Å². The first-order valence-electron chi connectivity index (χ1n) is 8.02. The molecule has 1 fully saturated rings. The SMILES string of the molecule is CN(C)S(=O)(=O)N1CCC[C@H](c2cccc(-c3ccnn3C)n2)C1. The molecule has 0 radical (unpaired) electrons. The Labute approximate surface area is 143 Å². The largest absolute Gasteiger partial charge is 0.281 e. The minimum atomic E-state index is -3.38. The Morgan fingerprint density at radius 1 is 1.25 bits per heavy atom. The first kappa shape index (κ1) is 17.1. The normalized spacial score (nSPS) is 19.8. The van der Waals surface area contributed by atoms with E-state index in [1.165, 1.54) is 4.31 Å². The number of hydrogen-bond donors (Lipinski definition) is 0. The van der Waals surface area contributed by atoms with Crippen molar-refractivity contribution in [2.24, 2.45) is 7.05 Å². The molecule has 2 aromatic rings. The Hall–Kier alpha value is -1.77. The minimum Gasteiger partial charge on any atom is -0.266 e. The van der Waals surface area contributed by atoms with Gasteiger partial charge >= 0.3 is 0 Å². The lowest BCUT2D eigenvalue weighted by Gasteiger charge is -2.33. The van der Waals surface area contributed by atoms with Gasteiger partial charge in [-0.15, -0.1) is 0 Å². The molecule has 24 heavy (non-hydrogen) atoms. The van der Waals surface area contributed by atoms with Crippen molar-refractivity contribution < 1.29 is 8.42 Å². The number of rotatable bonds is 4. The number of hydrogen-bond acceptors (Lipinski definition) is 4. The zero-order valence-electron chi connectivity index (χ0n) is 14.3. The van der Waals surface area contributed by atoms with Crippen LogP contribution in [0.1, 0.15) is 24.5 Å². The van der Waals surface area contributed by atoms with Gasteiger partial charge in [-0.05, 0) is 31.0 Å². The number of aromatic nitrogens is 3. The second kappa shape index (κ2) is 6.62. The van der Waals surface area contributed by atoms with E-state index in [1.807, 2.05) is 31.3 Å². The summed E-state index contributed by atoms with van der Waals surface area (Å²) in [7, 11) is 1.65. The van der Waals surface area contributed by atoms with Crippen LogP contribution in [0.3, 0.4) is 0 Å². The summed E-state index contributed by atoms with van der Waals surface area (Å²) in [5.74, 6) is 0.113. The predicted molar refractivity (Wildman–Crippen MR) is 92.6 cm³/mol. The van der Waals surface area contributed by atoms with Gasteiger partial charge in [-0.1, -0.05) is 6.07 Å². The van der Waals surface area contributed by atoms with E-state index in [1.54, 1.807) is 29.3 Å². The van der Waals surface area contributed by atoms with Crippen molar-refractivity contribution in [3.63, 3.8) is 0 Å². The third kappa shape index (κ3) is 3.22. The molecule has 1 saturated heterocycles. The molecule has 7 nitrogen and oxygen atoms in total. The lowest BCUT2D eigenvalue weighted by Crippen LogP contribution is -2.45. The predicted octanol–water partition coefficient (Wildman–Crippen LogP) is 1.47. The maximum absolute atomic E-state index is 12.4. The molecule has 0 aromatic carbocycles. The average molecular weight is 349 g/mol. The molecule has 1 aliphatic rings. The first-order valence-corrected chi connectivity index (χ1v) is 9.42. The van der Waals surface area contributed by atoms with Gasteiger partial charge in [0.1, 0.15) is 0 Å². The van der Waals surface area contributed by atoms with E-state index < -0.39 is 10.2 Å². The van der Waals surface area contributed by atoms with Gasteiger partial charge in [0.15, 0.2) is 0 Å². The number of nitrogens with zero attached hydrogens (tertiary/aromatic N) is 5. The van der Waals surface area contributed by atoms with Crippen LogP contribution < -0.4 is 0 Å². The first-order chi connectivity index (χ1) is 11.4. The summed E-state index contributed by atoms with van der Waals surface area (Å²) in [5.41, 5.74) is 2.75. The Morgan fingerprint density at radius 2 is 2.04 bits per heavy atom. The van der Waals surface area contributed by atoms with E-state index in [-0.39, 0.29) is 5.92 Å². The minimum absolute atomic E-state index is 0.113. The third-order valence-corrected chi connectivity index (χ3v) is 6.35.